The van der Waals surface area contributed by atoms with Crippen LogP contribution in [-0.4, -0.2) is 37.3 Å². The van der Waals surface area contributed by atoms with Crippen LogP contribution in [0.15, 0.2) is 59.5 Å². The normalized spacial score (nSPS) is 19.9. The molecule has 2 aromatic rings. The van der Waals surface area contributed by atoms with E-state index >= 15 is 0 Å². The van der Waals surface area contributed by atoms with Crippen LogP contribution in [0.1, 0.15) is 24.5 Å². The number of ether oxygens (including phenoxy) is 1. The van der Waals surface area contributed by atoms with Crippen molar-refractivity contribution in [3.05, 3.63) is 65.7 Å². The summed E-state index contributed by atoms with van der Waals surface area (Å²) in [6, 6.07) is 14.8. The summed E-state index contributed by atoms with van der Waals surface area (Å²) in [6.45, 7) is 1.55. The first-order chi connectivity index (χ1) is 12.6. The predicted molar refractivity (Wildman–Crippen MR) is 99.6 cm³/mol. The molecule has 1 unspecified atom stereocenters. The van der Waals surface area contributed by atoms with Crippen LogP contribution in [0.2, 0.25) is 0 Å². The van der Waals surface area contributed by atoms with Crippen LogP contribution in [0, 0.1) is 0 Å². The molecule has 1 aliphatic heterocycles. The molecule has 2 aromatic carbocycles. The van der Waals surface area contributed by atoms with Crippen LogP contribution in [-0.2, 0) is 24.2 Å². The number of carbonyl (C=O) groups is 2. The Kier molecular flexibility index (Phi) is 4.65. The molecular formula is C20H18O6S. The highest BCUT2D eigenvalue weighted by Gasteiger charge is 2.46. The molecule has 7 heteroatoms. The Balaban J connectivity index is 2.24. The quantitative estimate of drug-likeness (QED) is 0.794. The highest BCUT2D eigenvalue weighted by molar-refractivity contribution is 7.90. The molecule has 1 N–H and O–H groups in total. The van der Waals surface area contributed by atoms with Gasteiger partial charge in [-0.25, -0.2) is 13.2 Å². The van der Waals surface area contributed by atoms with Crippen molar-refractivity contribution in [3.8, 4) is 0 Å². The number of benzene rings is 2. The fraction of sp³-hybridized carbons (Fsp3) is 0.200. The summed E-state index contributed by atoms with van der Waals surface area (Å²) < 4.78 is 28.9. The number of cyclic esters (lactones) is 1. The Morgan fingerprint density at radius 3 is 2.15 bits per heavy atom. The van der Waals surface area contributed by atoms with Gasteiger partial charge in [0.2, 0.25) is 0 Å². The number of hydrogen-bond donors (Lipinski definition) is 1. The lowest BCUT2D eigenvalue weighted by atomic mass is 9.84. The van der Waals surface area contributed by atoms with Crippen molar-refractivity contribution in [3.63, 3.8) is 0 Å². The number of hydrogen-bond acceptors (Lipinski definition) is 5. The number of carbonyl (C=O) groups excluding carboxylic acids is 1. The smallest absolute Gasteiger partial charge is 0.340 e. The molecule has 0 amide bonds. The van der Waals surface area contributed by atoms with Gasteiger partial charge < -0.3 is 9.84 Å². The third-order valence-electron chi connectivity index (χ3n) is 4.42. The number of aliphatic carboxylic acids is 1. The van der Waals surface area contributed by atoms with Gasteiger partial charge >= 0.3 is 11.9 Å². The van der Waals surface area contributed by atoms with Crippen LogP contribution in [0.4, 0.5) is 0 Å². The first-order valence-electron chi connectivity index (χ1n) is 8.17. The number of sulfone groups is 1. The Morgan fingerprint density at radius 2 is 1.63 bits per heavy atom. The maximum Gasteiger partial charge on any atom is 0.340 e. The Hall–Kier alpha value is -2.93. The zero-order valence-corrected chi connectivity index (χ0v) is 15.6. The Morgan fingerprint density at radius 1 is 1.04 bits per heavy atom. The van der Waals surface area contributed by atoms with Gasteiger partial charge in [0.1, 0.15) is 5.60 Å². The van der Waals surface area contributed by atoms with Crippen LogP contribution in [0.25, 0.3) is 11.1 Å². The van der Waals surface area contributed by atoms with E-state index in [1.807, 2.05) is 0 Å². The number of esters is 1. The van der Waals surface area contributed by atoms with E-state index in [2.05, 4.69) is 0 Å². The predicted octanol–water partition coefficient (Wildman–Crippen LogP) is 2.79. The molecule has 27 heavy (non-hydrogen) atoms. The van der Waals surface area contributed by atoms with Crippen molar-refractivity contribution < 1.29 is 27.9 Å². The molecule has 0 radical (unpaired) electrons. The molecule has 0 bridgehead atoms. The second-order valence-corrected chi connectivity index (χ2v) is 8.62. The van der Waals surface area contributed by atoms with Gasteiger partial charge in [-0.1, -0.05) is 42.5 Å². The highest BCUT2D eigenvalue weighted by Crippen LogP contribution is 2.45. The summed E-state index contributed by atoms with van der Waals surface area (Å²) in [6.07, 6.45) is 0.700. The monoisotopic (exact) mass is 386 g/mol. The largest absolute Gasteiger partial charge is 0.481 e. The lowest BCUT2D eigenvalue weighted by Gasteiger charge is -2.25. The summed E-state index contributed by atoms with van der Waals surface area (Å²) >= 11 is 0. The van der Waals surface area contributed by atoms with Crippen molar-refractivity contribution >= 4 is 32.9 Å². The van der Waals surface area contributed by atoms with Crippen molar-refractivity contribution in [2.45, 2.75) is 23.8 Å². The van der Waals surface area contributed by atoms with E-state index in [4.69, 9.17) is 4.74 Å². The van der Waals surface area contributed by atoms with Gasteiger partial charge in [0.15, 0.2) is 9.84 Å². The molecule has 1 aliphatic rings. The molecule has 1 heterocycles. The van der Waals surface area contributed by atoms with Gasteiger partial charge in [0.25, 0.3) is 0 Å². The molecule has 1 atom stereocenters. The molecule has 0 aliphatic carbocycles. The average molecular weight is 386 g/mol. The molecule has 0 fully saturated rings. The Bertz CT molecular complexity index is 1040. The Labute approximate surface area is 157 Å². The second-order valence-electron chi connectivity index (χ2n) is 6.60. The third kappa shape index (κ3) is 3.64. The molecule has 3 rings (SSSR count). The van der Waals surface area contributed by atoms with Gasteiger partial charge in [-0.15, -0.1) is 0 Å². The lowest BCUT2D eigenvalue weighted by Crippen LogP contribution is -2.30. The van der Waals surface area contributed by atoms with Gasteiger partial charge in [-0.05, 0) is 30.2 Å². The standard InChI is InChI=1S/C20H18O6S/c1-20(12-16(21)22)18(14-8-10-15(11-9-14)27(2,24)25)17(19(23)26-20)13-6-4-3-5-7-13/h3-11H,12H2,1-2H3,(H,21,22). The summed E-state index contributed by atoms with van der Waals surface area (Å²) in [5, 5.41) is 9.30. The van der Waals surface area contributed by atoms with Gasteiger partial charge in [0.05, 0.1) is 16.9 Å². The van der Waals surface area contributed by atoms with E-state index in [1.54, 1.807) is 49.4 Å². The van der Waals surface area contributed by atoms with E-state index in [1.165, 1.54) is 12.1 Å². The summed E-state index contributed by atoms with van der Waals surface area (Å²) in [7, 11) is -3.38. The van der Waals surface area contributed by atoms with E-state index in [0.717, 1.165) is 6.26 Å². The summed E-state index contributed by atoms with van der Waals surface area (Å²) in [4.78, 5) is 24.1. The molecule has 0 saturated heterocycles. The third-order valence-corrected chi connectivity index (χ3v) is 5.55. The van der Waals surface area contributed by atoms with E-state index in [-0.39, 0.29) is 10.5 Å². The first-order valence-corrected chi connectivity index (χ1v) is 10.1. The molecular weight excluding hydrogens is 368 g/mol. The van der Waals surface area contributed by atoms with Crippen molar-refractivity contribution in [2.75, 3.05) is 6.26 Å². The van der Waals surface area contributed by atoms with E-state index < -0.39 is 33.8 Å². The first kappa shape index (κ1) is 18.8. The zero-order valence-electron chi connectivity index (χ0n) is 14.8. The lowest BCUT2D eigenvalue weighted by molar-refractivity contribution is -0.149. The molecule has 0 aromatic heterocycles. The maximum absolute atomic E-state index is 12.6. The number of carboxylic acids is 1. The fourth-order valence-electron chi connectivity index (χ4n) is 3.27. The minimum Gasteiger partial charge on any atom is -0.481 e. The fourth-order valence-corrected chi connectivity index (χ4v) is 3.90. The van der Waals surface area contributed by atoms with Crippen LogP contribution in [0.5, 0.6) is 0 Å². The van der Waals surface area contributed by atoms with Crippen LogP contribution < -0.4 is 0 Å². The maximum atomic E-state index is 12.6. The minimum atomic E-state index is -3.38. The van der Waals surface area contributed by atoms with E-state index in [0.29, 0.717) is 16.7 Å². The van der Waals surface area contributed by atoms with Gasteiger partial charge in [0, 0.05) is 11.8 Å². The second kappa shape index (κ2) is 6.66. The van der Waals surface area contributed by atoms with Crippen molar-refractivity contribution in [1.82, 2.24) is 0 Å². The molecule has 0 spiro atoms. The van der Waals surface area contributed by atoms with Crippen molar-refractivity contribution in [2.24, 2.45) is 0 Å². The van der Waals surface area contributed by atoms with Gasteiger partial charge in [-0.2, -0.15) is 0 Å². The SMILES string of the molecule is CC1(CC(=O)O)OC(=O)C(c2ccccc2)=C1c1ccc(S(C)(=O)=O)cc1. The van der Waals surface area contributed by atoms with Gasteiger partial charge in [-0.3, -0.25) is 4.79 Å². The van der Waals surface area contributed by atoms with Crippen molar-refractivity contribution in [1.29, 1.82) is 0 Å². The van der Waals surface area contributed by atoms with E-state index in [9.17, 15) is 23.1 Å². The minimum absolute atomic E-state index is 0.137. The van der Waals surface area contributed by atoms with Crippen LogP contribution in [0.3, 0.4) is 0 Å². The van der Waals surface area contributed by atoms with Crippen LogP contribution >= 0.6 is 0 Å². The number of carboxylic acid groups (broad SMARTS) is 1. The average Bonchev–Trinajstić information content (AvgIpc) is 2.84. The summed E-state index contributed by atoms with van der Waals surface area (Å²) in [5.41, 5.74) is 0.503. The molecule has 6 nitrogen and oxygen atoms in total. The highest BCUT2D eigenvalue weighted by atomic mass is 32.2. The number of rotatable bonds is 5. The molecule has 0 saturated carbocycles. The molecule has 140 valence electrons. The topological polar surface area (TPSA) is 97.7 Å². The summed E-state index contributed by atoms with van der Waals surface area (Å²) in [5.74, 6) is -1.71. The zero-order chi connectivity index (χ0) is 19.8.